The summed E-state index contributed by atoms with van der Waals surface area (Å²) >= 11 is 2.18. The van der Waals surface area contributed by atoms with Crippen molar-refractivity contribution in [2.45, 2.75) is 0 Å². The average Bonchev–Trinajstić information content (AvgIpc) is 2.53. The number of aliphatic carboxylic acids is 1. The van der Waals surface area contributed by atoms with Gasteiger partial charge in [0.25, 0.3) is 5.91 Å². The summed E-state index contributed by atoms with van der Waals surface area (Å²) in [6.45, 7) is -0.561. The highest BCUT2D eigenvalue weighted by Crippen LogP contribution is 2.17. The minimum Gasteiger partial charge on any atom is -0.484 e. The minimum absolute atomic E-state index is 0.124. The zero-order valence-electron chi connectivity index (χ0n) is 12.0. The summed E-state index contributed by atoms with van der Waals surface area (Å²) in [5.41, 5.74) is 0.504. The molecule has 0 spiro atoms. The molecule has 2 N–H and O–H groups in total. The number of rotatable bonds is 7. The number of carboxylic acids is 1. The van der Waals surface area contributed by atoms with Crippen LogP contribution in [0.3, 0.4) is 0 Å². The fraction of sp³-hybridized carbons (Fsp3) is 0.125. The summed E-state index contributed by atoms with van der Waals surface area (Å²) < 4.78 is 11.5. The lowest BCUT2D eigenvalue weighted by Crippen LogP contribution is -2.20. The fourth-order valence-corrected chi connectivity index (χ4v) is 2.05. The standard InChI is InChI=1S/C16H14INO5/c17-11-4-6-13(7-5-11)22-9-15(19)18-12-2-1-3-14(8-12)23-10-16(20)21/h1-8H,9-10H2,(H,18,19)(H,20,21). The molecule has 0 fully saturated rings. The van der Waals surface area contributed by atoms with E-state index in [4.69, 9.17) is 14.6 Å². The van der Waals surface area contributed by atoms with E-state index in [1.165, 1.54) is 0 Å². The van der Waals surface area contributed by atoms with Crippen molar-refractivity contribution < 1.29 is 24.2 Å². The molecule has 2 aromatic rings. The van der Waals surface area contributed by atoms with Gasteiger partial charge >= 0.3 is 5.97 Å². The summed E-state index contributed by atoms with van der Waals surface area (Å²) in [6, 6.07) is 13.8. The smallest absolute Gasteiger partial charge is 0.341 e. The van der Waals surface area contributed by atoms with Gasteiger partial charge in [-0.1, -0.05) is 6.07 Å². The molecule has 0 saturated heterocycles. The summed E-state index contributed by atoms with van der Waals surface area (Å²) in [7, 11) is 0. The van der Waals surface area contributed by atoms with Gasteiger partial charge in [-0.15, -0.1) is 0 Å². The third-order valence-corrected chi connectivity index (χ3v) is 3.38. The second-order valence-corrected chi connectivity index (χ2v) is 5.75. The Morgan fingerprint density at radius 2 is 1.70 bits per heavy atom. The third-order valence-electron chi connectivity index (χ3n) is 2.66. The lowest BCUT2D eigenvalue weighted by atomic mass is 10.3. The Hall–Kier alpha value is -2.29. The highest BCUT2D eigenvalue weighted by molar-refractivity contribution is 14.1. The monoisotopic (exact) mass is 427 g/mol. The molecular weight excluding hydrogens is 413 g/mol. The Bertz CT molecular complexity index is 687. The highest BCUT2D eigenvalue weighted by atomic mass is 127. The van der Waals surface area contributed by atoms with Crippen molar-refractivity contribution in [3.05, 3.63) is 52.1 Å². The first kappa shape index (κ1) is 17.1. The van der Waals surface area contributed by atoms with Crippen LogP contribution >= 0.6 is 22.6 Å². The number of amides is 1. The van der Waals surface area contributed by atoms with Gasteiger partial charge in [0.1, 0.15) is 11.5 Å². The maximum absolute atomic E-state index is 11.9. The maximum atomic E-state index is 11.9. The van der Waals surface area contributed by atoms with E-state index in [0.29, 0.717) is 17.2 Å². The normalized spacial score (nSPS) is 9.96. The zero-order valence-corrected chi connectivity index (χ0v) is 14.1. The summed E-state index contributed by atoms with van der Waals surface area (Å²) in [4.78, 5) is 22.3. The van der Waals surface area contributed by atoms with Gasteiger partial charge in [0, 0.05) is 15.3 Å². The van der Waals surface area contributed by atoms with Gasteiger partial charge in [-0.25, -0.2) is 4.79 Å². The molecule has 0 aliphatic rings. The van der Waals surface area contributed by atoms with Gasteiger partial charge in [-0.3, -0.25) is 4.79 Å². The van der Waals surface area contributed by atoms with Crippen LogP contribution in [0.15, 0.2) is 48.5 Å². The molecule has 23 heavy (non-hydrogen) atoms. The van der Waals surface area contributed by atoms with Crippen LogP contribution in [0.4, 0.5) is 5.69 Å². The van der Waals surface area contributed by atoms with Crippen LogP contribution in [0.1, 0.15) is 0 Å². The van der Waals surface area contributed by atoms with Crippen LogP contribution in [-0.2, 0) is 9.59 Å². The van der Waals surface area contributed by atoms with Crippen LogP contribution in [0.25, 0.3) is 0 Å². The van der Waals surface area contributed by atoms with Crippen LogP contribution in [0.5, 0.6) is 11.5 Å². The Morgan fingerprint density at radius 1 is 1.00 bits per heavy atom. The van der Waals surface area contributed by atoms with Crippen molar-refractivity contribution in [3.63, 3.8) is 0 Å². The number of benzene rings is 2. The van der Waals surface area contributed by atoms with Crippen LogP contribution in [0.2, 0.25) is 0 Å². The number of halogens is 1. The number of hydrogen-bond donors (Lipinski definition) is 2. The van der Waals surface area contributed by atoms with Gasteiger partial charge in [0.2, 0.25) is 0 Å². The van der Waals surface area contributed by atoms with Gasteiger partial charge in [-0.2, -0.15) is 0 Å². The Kier molecular flexibility index (Phi) is 6.21. The van der Waals surface area contributed by atoms with Crippen molar-refractivity contribution >= 4 is 40.2 Å². The average molecular weight is 427 g/mol. The quantitative estimate of drug-likeness (QED) is 0.664. The van der Waals surface area contributed by atoms with Gasteiger partial charge in [-0.05, 0) is 59.0 Å². The number of carboxylic acid groups (broad SMARTS) is 1. The van der Waals surface area contributed by atoms with Crippen molar-refractivity contribution in [3.8, 4) is 11.5 Å². The Balaban J connectivity index is 1.86. The molecule has 7 heteroatoms. The topological polar surface area (TPSA) is 84.9 Å². The number of carbonyl (C=O) groups is 2. The Labute approximate surface area is 146 Å². The van der Waals surface area contributed by atoms with Crippen molar-refractivity contribution in [2.24, 2.45) is 0 Å². The fourth-order valence-electron chi connectivity index (χ4n) is 1.69. The molecule has 0 saturated carbocycles. The summed E-state index contributed by atoms with van der Waals surface area (Å²) in [5.74, 6) is -0.410. The second-order valence-electron chi connectivity index (χ2n) is 4.50. The molecule has 120 valence electrons. The van der Waals surface area contributed by atoms with Crippen molar-refractivity contribution in [1.29, 1.82) is 0 Å². The molecule has 0 unspecified atom stereocenters. The first-order valence-electron chi connectivity index (χ1n) is 6.66. The van der Waals surface area contributed by atoms with Crippen LogP contribution in [0, 0.1) is 3.57 Å². The number of hydrogen-bond acceptors (Lipinski definition) is 4. The molecule has 0 aromatic heterocycles. The molecule has 0 aliphatic heterocycles. The molecule has 2 aromatic carbocycles. The van der Waals surface area contributed by atoms with E-state index in [-0.39, 0.29) is 12.5 Å². The second kappa shape index (κ2) is 8.37. The molecule has 0 bridgehead atoms. The molecule has 0 aliphatic carbocycles. The van der Waals surface area contributed by atoms with E-state index in [0.717, 1.165) is 3.57 Å². The predicted octanol–water partition coefficient (Wildman–Crippen LogP) is 2.77. The maximum Gasteiger partial charge on any atom is 0.341 e. The van der Waals surface area contributed by atoms with Gasteiger partial charge in [0.15, 0.2) is 13.2 Å². The highest BCUT2D eigenvalue weighted by Gasteiger charge is 2.06. The molecule has 0 atom stereocenters. The molecule has 1 amide bonds. The number of nitrogens with one attached hydrogen (secondary N) is 1. The van der Waals surface area contributed by atoms with E-state index in [9.17, 15) is 9.59 Å². The lowest BCUT2D eigenvalue weighted by molar-refractivity contribution is -0.139. The number of carbonyl (C=O) groups excluding carboxylic acids is 1. The predicted molar refractivity (Wildman–Crippen MR) is 92.9 cm³/mol. The van der Waals surface area contributed by atoms with Crippen LogP contribution in [-0.4, -0.2) is 30.2 Å². The minimum atomic E-state index is -1.06. The molecule has 6 nitrogen and oxygen atoms in total. The first-order valence-corrected chi connectivity index (χ1v) is 7.74. The van der Waals surface area contributed by atoms with E-state index >= 15 is 0 Å². The lowest BCUT2D eigenvalue weighted by Gasteiger charge is -2.09. The van der Waals surface area contributed by atoms with E-state index in [2.05, 4.69) is 27.9 Å². The SMILES string of the molecule is O=C(O)COc1cccc(NC(=O)COc2ccc(I)cc2)c1. The van der Waals surface area contributed by atoms with E-state index in [1.54, 1.807) is 36.4 Å². The summed E-state index contributed by atoms with van der Waals surface area (Å²) in [6.07, 6.45) is 0. The van der Waals surface area contributed by atoms with E-state index < -0.39 is 12.6 Å². The van der Waals surface area contributed by atoms with Gasteiger partial charge in [0.05, 0.1) is 0 Å². The third kappa shape index (κ3) is 6.15. The molecule has 2 rings (SSSR count). The molecule has 0 heterocycles. The van der Waals surface area contributed by atoms with Crippen molar-refractivity contribution in [2.75, 3.05) is 18.5 Å². The molecule has 0 radical (unpaired) electrons. The zero-order chi connectivity index (χ0) is 16.7. The van der Waals surface area contributed by atoms with Gasteiger partial charge < -0.3 is 19.9 Å². The number of anilines is 1. The molecular formula is C16H14INO5. The van der Waals surface area contributed by atoms with Crippen molar-refractivity contribution in [1.82, 2.24) is 0 Å². The number of ether oxygens (including phenoxy) is 2. The Morgan fingerprint density at radius 3 is 2.39 bits per heavy atom. The first-order chi connectivity index (χ1) is 11.0. The van der Waals surface area contributed by atoms with Crippen LogP contribution < -0.4 is 14.8 Å². The largest absolute Gasteiger partial charge is 0.484 e. The van der Waals surface area contributed by atoms with E-state index in [1.807, 2.05) is 12.1 Å². The summed E-state index contributed by atoms with van der Waals surface area (Å²) in [5, 5.41) is 11.2.